The van der Waals surface area contributed by atoms with Gasteiger partial charge < -0.3 is 24.8 Å². The standard InChI is InChI=1S/C19H29N5O3.HI/c1-20-19(21-8-5-11-24-12-6-9-23-24)22-10-7-16-17(26-3)13-15(25-2)14-18(16)27-4;/h6,9,12-14H,5,7-8,10-11H2,1-4H3,(H2,20,21,22);1H. The van der Waals surface area contributed by atoms with Crippen molar-refractivity contribution >= 4 is 29.9 Å². The Bertz CT molecular complexity index is 697. The van der Waals surface area contributed by atoms with E-state index in [2.05, 4.69) is 20.7 Å². The lowest BCUT2D eigenvalue weighted by Gasteiger charge is -2.16. The summed E-state index contributed by atoms with van der Waals surface area (Å²) in [6, 6.07) is 5.65. The molecule has 0 amide bonds. The van der Waals surface area contributed by atoms with Gasteiger partial charge in [-0.25, -0.2) is 0 Å². The largest absolute Gasteiger partial charge is 0.496 e. The van der Waals surface area contributed by atoms with Gasteiger partial charge in [-0.05, 0) is 18.9 Å². The van der Waals surface area contributed by atoms with E-state index in [1.165, 1.54) is 0 Å². The smallest absolute Gasteiger partial charge is 0.190 e. The van der Waals surface area contributed by atoms with E-state index in [-0.39, 0.29) is 24.0 Å². The maximum Gasteiger partial charge on any atom is 0.190 e. The number of hydrogen-bond acceptors (Lipinski definition) is 5. The molecule has 0 aliphatic heterocycles. The first kappa shape index (κ1) is 23.9. The first-order valence-electron chi connectivity index (χ1n) is 8.92. The van der Waals surface area contributed by atoms with E-state index in [1.54, 1.807) is 34.6 Å². The topological polar surface area (TPSA) is 81.9 Å². The van der Waals surface area contributed by atoms with E-state index in [4.69, 9.17) is 14.2 Å². The number of aryl methyl sites for hydroxylation is 1. The van der Waals surface area contributed by atoms with Gasteiger partial charge in [-0.2, -0.15) is 5.10 Å². The summed E-state index contributed by atoms with van der Waals surface area (Å²) in [6.45, 7) is 2.38. The Hall–Kier alpha value is -2.17. The number of guanidine groups is 1. The van der Waals surface area contributed by atoms with E-state index in [1.807, 2.05) is 29.1 Å². The van der Waals surface area contributed by atoms with Gasteiger partial charge in [0.15, 0.2) is 5.96 Å². The van der Waals surface area contributed by atoms with Crippen molar-refractivity contribution in [3.05, 3.63) is 36.2 Å². The Kier molecular flexibility index (Phi) is 11.2. The number of hydrogen-bond donors (Lipinski definition) is 2. The summed E-state index contributed by atoms with van der Waals surface area (Å²) in [5, 5.41) is 10.8. The molecule has 1 aromatic carbocycles. The van der Waals surface area contributed by atoms with Gasteiger partial charge in [0, 0.05) is 56.8 Å². The molecule has 9 heteroatoms. The summed E-state index contributed by atoms with van der Waals surface area (Å²) >= 11 is 0. The number of rotatable bonds is 10. The fourth-order valence-electron chi connectivity index (χ4n) is 2.73. The Balaban J connectivity index is 0.00000392. The number of aromatic nitrogens is 2. The molecule has 8 nitrogen and oxygen atoms in total. The third-order valence-electron chi connectivity index (χ3n) is 4.12. The van der Waals surface area contributed by atoms with Crippen LogP contribution in [0.25, 0.3) is 0 Å². The van der Waals surface area contributed by atoms with E-state index in [0.29, 0.717) is 12.3 Å². The minimum Gasteiger partial charge on any atom is -0.496 e. The average Bonchev–Trinajstić information content (AvgIpc) is 3.22. The molecule has 0 atom stereocenters. The first-order valence-corrected chi connectivity index (χ1v) is 8.92. The zero-order valence-corrected chi connectivity index (χ0v) is 19.2. The van der Waals surface area contributed by atoms with Gasteiger partial charge >= 0.3 is 0 Å². The summed E-state index contributed by atoms with van der Waals surface area (Å²) in [5.74, 6) is 2.96. The number of nitrogens with one attached hydrogen (secondary N) is 2. The molecule has 1 heterocycles. The van der Waals surface area contributed by atoms with Crippen molar-refractivity contribution in [1.29, 1.82) is 0 Å². The van der Waals surface area contributed by atoms with Crippen molar-refractivity contribution in [2.45, 2.75) is 19.4 Å². The van der Waals surface area contributed by atoms with Crippen LogP contribution in [0.15, 0.2) is 35.6 Å². The van der Waals surface area contributed by atoms with Gasteiger partial charge in [-0.3, -0.25) is 9.67 Å². The van der Waals surface area contributed by atoms with Crippen LogP contribution in [0.5, 0.6) is 17.2 Å². The molecule has 2 N–H and O–H groups in total. The van der Waals surface area contributed by atoms with Crippen molar-refractivity contribution in [1.82, 2.24) is 20.4 Å². The van der Waals surface area contributed by atoms with Crippen LogP contribution in [-0.2, 0) is 13.0 Å². The minimum atomic E-state index is 0. The Morgan fingerprint density at radius 2 is 1.75 bits per heavy atom. The second kappa shape index (κ2) is 13.1. The summed E-state index contributed by atoms with van der Waals surface area (Å²) in [4.78, 5) is 4.26. The van der Waals surface area contributed by atoms with Gasteiger partial charge in [0.05, 0.1) is 21.3 Å². The van der Waals surface area contributed by atoms with Crippen LogP contribution in [0.3, 0.4) is 0 Å². The molecule has 0 spiro atoms. The number of nitrogens with zero attached hydrogens (tertiary/aromatic N) is 3. The van der Waals surface area contributed by atoms with Crippen molar-refractivity contribution in [2.24, 2.45) is 4.99 Å². The highest BCUT2D eigenvalue weighted by Crippen LogP contribution is 2.34. The molecule has 28 heavy (non-hydrogen) atoms. The van der Waals surface area contributed by atoms with Crippen molar-refractivity contribution in [3.8, 4) is 17.2 Å². The van der Waals surface area contributed by atoms with Crippen LogP contribution >= 0.6 is 24.0 Å². The van der Waals surface area contributed by atoms with E-state index in [9.17, 15) is 0 Å². The second-order valence-corrected chi connectivity index (χ2v) is 5.81. The van der Waals surface area contributed by atoms with E-state index in [0.717, 1.165) is 49.0 Å². The van der Waals surface area contributed by atoms with Gasteiger partial charge in [0.25, 0.3) is 0 Å². The predicted octanol–water partition coefficient (Wildman–Crippen LogP) is 2.32. The number of methoxy groups -OCH3 is 3. The minimum absolute atomic E-state index is 0. The van der Waals surface area contributed by atoms with E-state index >= 15 is 0 Å². The molecule has 0 saturated carbocycles. The summed E-state index contributed by atoms with van der Waals surface area (Å²) < 4.78 is 18.2. The van der Waals surface area contributed by atoms with Crippen LogP contribution in [0, 0.1) is 0 Å². The monoisotopic (exact) mass is 503 g/mol. The molecule has 0 aliphatic rings. The molecule has 0 fully saturated rings. The van der Waals surface area contributed by atoms with Crippen LogP contribution in [0.1, 0.15) is 12.0 Å². The summed E-state index contributed by atoms with van der Waals surface area (Å²) in [5.41, 5.74) is 0.988. The lowest BCUT2D eigenvalue weighted by Crippen LogP contribution is -2.39. The average molecular weight is 503 g/mol. The maximum atomic E-state index is 5.49. The third-order valence-corrected chi connectivity index (χ3v) is 4.12. The van der Waals surface area contributed by atoms with Crippen molar-refractivity contribution in [3.63, 3.8) is 0 Å². The molecule has 0 unspecified atom stereocenters. The summed E-state index contributed by atoms with van der Waals surface area (Å²) in [6.07, 6.45) is 5.44. The van der Waals surface area contributed by atoms with E-state index < -0.39 is 0 Å². The van der Waals surface area contributed by atoms with Gasteiger partial charge in [-0.15, -0.1) is 24.0 Å². The normalized spacial score (nSPS) is 10.8. The highest BCUT2D eigenvalue weighted by molar-refractivity contribution is 14.0. The third kappa shape index (κ3) is 7.10. The number of aliphatic imine (C=N–C) groups is 1. The van der Waals surface area contributed by atoms with Gasteiger partial charge in [-0.1, -0.05) is 0 Å². The Morgan fingerprint density at radius 1 is 1.07 bits per heavy atom. The first-order chi connectivity index (χ1) is 13.2. The zero-order chi connectivity index (χ0) is 19.5. The van der Waals surface area contributed by atoms with Crippen molar-refractivity contribution in [2.75, 3.05) is 41.5 Å². The lowest BCUT2D eigenvalue weighted by molar-refractivity contribution is 0.368. The molecule has 156 valence electrons. The van der Waals surface area contributed by atoms with Crippen LogP contribution < -0.4 is 24.8 Å². The molecule has 0 aliphatic carbocycles. The SMILES string of the molecule is CN=C(NCCCn1cccn1)NCCc1c(OC)cc(OC)cc1OC.I. The molecular weight excluding hydrogens is 473 g/mol. The van der Waals surface area contributed by atoms with Gasteiger partial charge in [0.2, 0.25) is 0 Å². The zero-order valence-electron chi connectivity index (χ0n) is 16.9. The highest BCUT2D eigenvalue weighted by Gasteiger charge is 2.13. The molecule has 2 aromatic rings. The Morgan fingerprint density at radius 3 is 2.29 bits per heavy atom. The number of halogens is 1. The second-order valence-electron chi connectivity index (χ2n) is 5.81. The Labute approximate surface area is 183 Å². The van der Waals surface area contributed by atoms with Crippen LogP contribution in [0.2, 0.25) is 0 Å². The number of benzene rings is 1. The molecule has 1 aromatic heterocycles. The van der Waals surface area contributed by atoms with Gasteiger partial charge in [0.1, 0.15) is 17.2 Å². The lowest BCUT2D eigenvalue weighted by atomic mass is 10.1. The maximum absolute atomic E-state index is 5.49. The quantitative estimate of drug-likeness (QED) is 0.224. The predicted molar refractivity (Wildman–Crippen MR) is 121 cm³/mol. The van der Waals surface area contributed by atoms with Crippen LogP contribution in [0.4, 0.5) is 0 Å². The molecule has 0 saturated heterocycles. The molecule has 0 radical (unpaired) electrons. The number of ether oxygens (including phenoxy) is 3. The van der Waals surface area contributed by atoms with Crippen molar-refractivity contribution < 1.29 is 14.2 Å². The molecule has 0 bridgehead atoms. The molecular formula is C19H30IN5O3. The van der Waals surface area contributed by atoms with Crippen LogP contribution in [-0.4, -0.2) is 57.2 Å². The molecule has 2 rings (SSSR count). The fraction of sp³-hybridized carbons (Fsp3) is 0.474. The summed E-state index contributed by atoms with van der Waals surface area (Å²) in [7, 11) is 6.67. The highest BCUT2D eigenvalue weighted by atomic mass is 127. The fourth-order valence-corrected chi connectivity index (χ4v) is 2.73.